The molecule has 0 amide bonds. The Morgan fingerprint density at radius 1 is 0.929 bits per heavy atom. The minimum Gasteiger partial charge on any atom is -0.403 e. The van der Waals surface area contributed by atoms with E-state index in [1.165, 1.54) is 0 Å². The lowest BCUT2D eigenvalue weighted by atomic mass is 10.3. The quantitative estimate of drug-likeness (QED) is 0.627. The Bertz CT molecular complexity index is 317. The van der Waals surface area contributed by atoms with Gasteiger partial charge >= 0.3 is 6.16 Å². The first-order valence-electron chi connectivity index (χ1n) is 4.63. The van der Waals surface area contributed by atoms with Gasteiger partial charge in [-0.2, -0.15) is 0 Å². The number of para-hydroxylation sites is 2. The highest BCUT2D eigenvalue weighted by atomic mass is 17.0. The van der Waals surface area contributed by atoms with E-state index >= 15 is 0 Å². The highest BCUT2D eigenvalue weighted by molar-refractivity contribution is 5.41. The second kappa shape index (κ2) is 2.87. The Morgan fingerprint density at radius 2 is 1.50 bits per heavy atom. The molecule has 1 aromatic rings. The number of benzene rings is 1. The molecule has 0 aliphatic carbocycles. The van der Waals surface area contributed by atoms with Crippen LogP contribution in [0.2, 0.25) is 0 Å². The Labute approximate surface area is 81.3 Å². The van der Waals surface area contributed by atoms with Gasteiger partial charge < -0.3 is 9.47 Å². The molecule has 1 saturated heterocycles. The van der Waals surface area contributed by atoms with Crippen molar-refractivity contribution in [3.05, 3.63) is 24.3 Å². The summed E-state index contributed by atoms with van der Waals surface area (Å²) >= 11 is 0. The van der Waals surface area contributed by atoms with E-state index in [-0.39, 0.29) is 0 Å². The van der Waals surface area contributed by atoms with Gasteiger partial charge in [-0.25, -0.2) is 0 Å². The molecule has 2 aliphatic heterocycles. The van der Waals surface area contributed by atoms with Crippen LogP contribution in [0.1, 0.15) is 6.42 Å². The van der Waals surface area contributed by atoms with E-state index in [0.29, 0.717) is 24.7 Å². The molecule has 74 valence electrons. The van der Waals surface area contributed by atoms with E-state index < -0.39 is 6.16 Å². The zero-order valence-corrected chi connectivity index (χ0v) is 7.56. The van der Waals surface area contributed by atoms with E-state index in [1.54, 1.807) is 0 Å². The van der Waals surface area contributed by atoms with Crippen LogP contribution in [-0.2, 0) is 9.47 Å². The second-order valence-corrected chi connectivity index (χ2v) is 3.20. The molecule has 1 aromatic carbocycles. The van der Waals surface area contributed by atoms with Gasteiger partial charge in [0.2, 0.25) is 0 Å². The first-order chi connectivity index (χ1) is 6.88. The number of fused-ring (bicyclic) bond motifs is 1. The van der Waals surface area contributed by atoms with Crippen LogP contribution in [0.5, 0.6) is 11.5 Å². The van der Waals surface area contributed by atoms with E-state index in [2.05, 4.69) is 0 Å². The molecule has 1 spiro atoms. The first-order valence-corrected chi connectivity index (χ1v) is 4.63. The molecule has 2 aliphatic rings. The summed E-state index contributed by atoms with van der Waals surface area (Å²) in [4.78, 5) is 0. The number of ether oxygens (including phenoxy) is 4. The van der Waals surface area contributed by atoms with Crippen LogP contribution in [0.3, 0.4) is 0 Å². The van der Waals surface area contributed by atoms with Gasteiger partial charge in [0.05, 0.1) is 13.2 Å². The van der Waals surface area contributed by atoms with Crippen LogP contribution in [0.4, 0.5) is 0 Å². The molecule has 4 nitrogen and oxygen atoms in total. The zero-order chi connectivity index (χ0) is 9.43. The van der Waals surface area contributed by atoms with Crippen molar-refractivity contribution >= 4 is 0 Å². The SMILES string of the molecule is c1ccc2c(c1)OC1(OCCCO1)O2. The third kappa shape index (κ3) is 1.15. The van der Waals surface area contributed by atoms with Crippen LogP contribution in [0.25, 0.3) is 0 Å². The lowest BCUT2D eigenvalue weighted by molar-refractivity contribution is -0.442. The summed E-state index contributed by atoms with van der Waals surface area (Å²) in [5.41, 5.74) is 0. The molecule has 2 heterocycles. The van der Waals surface area contributed by atoms with Crippen LogP contribution in [0.15, 0.2) is 24.3 Å². The standard InChI is InChI=1S/C10H10O4/c1-2-5-9-8(4-1)13-10(14-9)11-6-3-7-12-10/h1-2,4-5H,3,6-7H2. The van der Waals surface area contributed by atoms with Gasteiger partial charge in [0.25, 0.3) is 0 Å². The third-order valence-electron chi connectivity index (χ3n) is 2.17. The zero-order valence-electron chi connectivity index (χ0n) is 7.56. The monoisotopic (exact) mass is 194 g/mol. The lowest BCUT2D eigenvalue weighted by Gasteiger charge is -2.29. The number of hydrogen-bond donors (Lipinski definition) is 0. The summed E-state index contributed by atoms with van der Waals surface area (Å²) in [5.74, 6) is 1.32. The van der Waals surface area contributed by atoms with Crippen LogP contribution < -0.4 is 9.47 Å². The van der Waals surface area contributed by atoms with E-state index in [9.17, 15) is 0 Å². The molecule has 0 unspecified atom stereocenters. The minimum atomic E-state index is -1.32. The van der Waals surface area contributed by atoms with Gasteiger partial charge in [-0.3, -0.25) is 9.47 Å². The fourth-order valence-electron chi connectivity index (χ4n) is 1.52. The maximum Gasteiger partial charge on any atom is 0.510 e. The Hall–Kier alpha value is -1.26. The number of hydrogen-bond acceptors (Lipinski definition) is 4. The fourth-order valence-corrected chi connectivity index (χ4v) is 1.52. The van der Waals surface area contributed by atoms with Crippen molar-refractivity contribution in [3.8, 4) is 11.5 Å². The molecular weight excluding hydrogens is 184 g/mol. The largest absolute Gasteiger partial charge is 0.510 e. The molecule has 3 rings (SSSR count). The molecule has 0 atom stereocenters. The van der Waals surface area contributed by atoms with Gasteiger partial charge in [-0.15, -0.1) is 0 Å². The second-order valence-electron chi connectivity index (χ2n) is 3.20. The molecule has 0 radical (unpaired) electrons. The Balaban J connectivity index is 1.89. The summed E-state index contributed by atoms with van der Waals surface area (Å²) in [5, 5.41) is 0. The molecule has 0 N–H and O–H groups in total. The van der Waals surface area contributed by atoms with Crippen molar-refractivity contribution in [3.63, 3.8) is 0 Å². The van der Waals surface area contributed by atoms with Crippen LogP contribution in [0, 0.1) is 0 Å². The fraction of sp³-hybridized carbons (Fsp3) is 0.400. The summed E-state index contributed by atoms with van der Waals surface area (Å²) in [6.45, 7) is 1.18. The normalized spacial score (nSPS) is 22.6. The summed E-state index contributed by atoms with van der Waals surface area (Å²) in [6.07, 6.45) is -0.452. The van der Waals surface area contributed by atoms with Gasteiger partial charge in [0.15, 0.2) is 11.5 Å². The maximum absolute atomic E-state index is 5.47. The van der Waals surface area contributed by atoms with Gasteiger partial charge in [0, 0.05) is 0 Å². The number of rotatable bonds is 0. The van der Waals surface area contributed by atoms with E-state index in [0.717, 1.165) is 6.42 Å². The molecule has 0 saturated carbocycles. The third-order valence-corrected chi connectivity index (χ3v) is 2.17. The van der Waals surface area contributed by atoms with Crippen molar-refractivity contribution in [2.24, 2.45) is 0 Å². The summed E-state index contributed by atoms with van der Waals surface area (Å²) in [6, 6.07) is 7.41. The predicted molar refractivity (Wildman–Crippen MR) is 47.0 cm³/mol. The Kier molecular flexibility index (Phi) is 1.65. The van der Waals surface area contributed by atoms with Crippen molar-refractivity contribution < 1.29 is 18.9 Å². The molecule has 0 bridgehead atoms. The Morgan fingerprint density at radius 3 is 2.07 bits per heavy atom. The minimum absolute atomic E-state index is 0.591. The first kappa shape index (κ1) is 8.08. The average Bonchev–Trinajstić information content (AvgIpc) is 2.56. The van der Waals surface area contributed by atoms with Crippen LogP contribution >= 0.6 is 0 Å². The molecule has 0 aromatic heterocycles. The van der Waals surface area contributed by atoms with Gasteiger partial charge in [-0.1, -0.05) is 12.1 Å². The maximum atomic E-state index is 5.47. The summed E-state index contributed by atoms with van der Waals surface area (Å²) in [7, 11) is 0. The smallest absolute Gasteiger partial charge is 0.403 e. The van der Waals surface area contributed by atoms with Crippen molar-refractivity contribution in [2.45, 2.75) is 12.6 Å². The molecular formula is C10H10O4. The molecule has 4 heteroatoms. The highest BCUT2D eigenvalue weighted by Gasteiger charge is 2.47. The van der Waals surface area contributed by atoms with Gasteiger partial charge in [0.1, 0.15) is 0 Å². The van der Waals surface area contributed by atoms with E-state index in [4.69, 9.17) is 18.9 Å². The highest BCUT2D eigenvalue weighted by Crippen LogP contribution is 2.40. The van der Waals surface area contributed by atoms with Gasteiger partial charge in [-0.05, 0) is 18.6 Å². The lowest BCUT2D eigenvalue weighted by Crippen LogP contribution is -2.48. The summed E-state index contributed by atoms with van der Waals surface area (Å²) < 4.78 is 21.6. The topological polar surface area (TPSA) is 36.9 Å². The van der Waals surface area contributed by atoms with Crippen molar-refractivity contribution in [1.29, 1.82) is 0 Å². The van der Waals surface area contributed by atoms with Crippen molar-refractivity contribution in [2.75, 3.05) is 13.2 Å². The van der Waals surface area contributed by atoms with Crippen LogP contribution in [-0.4, -0.2) is 19.4 Å². The average molecular weight is 194 g/mol. The van der Waals surface area contributed by atoms with E-state index in [1.807, 2.05) is 24.3 Å². The molecule has 1 fully saturated rings. The predicted octanol–water partition coefficient (Wildman–Crippen LogP) is 1.51. The molecule has 14 heavy (non-hydrogen) atoms. The van der Waals surface area contributed by atoms with Crippen molar-refractivity contribution in [1.82, 2.24) is 0 Å².